The summed E-state index contributed by atoms with van der Waals surface area (Å²) in [7, 11) is 1.52. The van der Waals surface area contributed by atoms with Gasteiger partial charge in [0.15, 0.2) is 5.11 Å². The van der Waals surface area contributed by atoms with Crippen molar-refractivity contribution < 1.29 is 14.3 Å². The van der Waals surface area contributed by atoms with E-state index in [0.29, 0.717) is 24.4 Å². The van der Waals surface area contributed by atoms with Crippen LogP contribution in [-0.2, 0) is 0 Å². The van der Waals surface area contributed by atoms with Gasteiger partial charge in [-0.15, -0.1) is 0 Å². The van der Waals surface area contributed by atoms with Crippen molar-refractivity contribution >= 4 is 40.5 Å². The van der Waals surface area contributed by atoms with Crippen molar-refractivity contribution in [2.75, 3.05) is 43.5 Å². The highest BCUT2D eigenvalue weighted by Gasteiger charge is 2.22. The third-order valence-corrected chi connectivity index (χ3v) is 5.86. The molecule has 174 valence electrons. The number of hydrogen-bond acceptors (Lipinski definition) is 5. The van der Waals surface area contributed by atoms with Crippen molar-refractivity contribution in [2.45, 2.75) is 0 Å². The molecular formula is C26H26N4O3S. The maximum Gasteiger partial charge on any atom is 0.261 e. The van der Waals surface area contributed by atoms with Crippen LogP contribution in [0.15, 0.2) is 78.9 Å². The molecule has 0 spiro atoms. The Hall–Kier alpha value is -3.91. The fraction of sp³-hybridized carbons (Fsp3) is 0.192. The predicted molar refractivity (Wildman–Crippen MR) is 138 cm³/mol. The molecule has 1 saturated heterocycles. The third-order valence-electron chi connectivity index (χ3n) is 5.66. The SMILES string of the molecule is COc1ccccc1C(=O)NC(=S)Nc1ccc(N2CCN(C(=O)c3ccccc3)CC2)cc1. The Labute approximate surface area is 204 Å². The normalized spacial score (nSPS) is 13.2. The van der Waals surface area contributed by atoms with Gasteiger partial charge in [0.05, 0.1) is 12.7 Å². The highest BCUT2D eigenvalue weighted by Crippen LogP contribution is 2.21. The minimum atomic E-state index is -0.338. The van der Waals surface area contributed by atoms with Gasteiger partial charge in [-0.05, 0) is 60.7 Å². The van der Waals surface area contributed by atoms with E-state index < -0.39 is 0 Å². The van der Waals surface area contributed by atoms with Gasteiger partial charge in [0.25, 0.3) is 11.8 Å². The van der Waals surface area contributed by atoms with Gasteiger partial charge in [-0.25, -0.2) is 0 Å². The zero-order chi connectivity index (χ0) is 23.9. The van der Waals surface area contributed by atoms with E-state index in [4.69, 9.17) is 17.0 Å². The van der Waals surface area contributed by atoms with Gasteiger partial charge in [0.2, 0.25) is 0 Å². The minimum absolute atomic E-state index is 0.0727. The number of hydrogen-bond donors (Lipinski definition) is 2. The van der Waals surface area contributed by atoms with E-state index in [1.54, 1.807) is 24.3 Å². The molecule has 1 fully saturated rings. The van der Waals surface area contributed by atoms with Crippen LogP contribution in [0, 0.1) is 0 Å². The van der Waals surface area contributed by atoms with Crippen molar-refractivity contribution in [1.82, 2.24) is 10.2 Å². The summed E-state index contributed by atoms with van der Waals surface area (Å²) in [5, 5.41) is 5.92. The fourth-order valence-electron chi connectivity index (χ4n) is 3.85. The van der Waals surface area contributed by atoms with Crippen molar-refractivity contribution in [1.29, 1.82) is 0 Å². The summed E-state index contributed by atoms with van der Waals surface area (Å²) >= 11 is 5.30. The molecule has 0 bridgehead atoms. The largest absolute Gasteiger partial charge is 0.496 e. The summed E-state index contributed by atoms with van der Waals surface area (Å²) in [6.07, 6.45) is 0. The van der Waals surface area contributed by atoms with Gasteiger partial charge in [0.1, 0.15) is 5.75 Å². The summed E-state index contributed by atoms with van der Waals surface area (Å²) in [4.78, 5) is 29.3. The van der Waals surface area contributed by atoms with Gasteiger partial charge in [0, 0.05) is 43.1 Å². The van der Waals surface area contributed by atoms with Gasteiger partial charge in [-0.2, -0.15) is 0 Å². The number of anilines is 2. The average molecular weight is 475 g/mol. The van der Waals surface area contributed by atoms with Crippen LogP contribution in [-0.4, -0.2) is 55.1 Å². The molecule has 34 heavy (non-hydrogen) atoms. The Morgan fingerprint density at radius 3 is 2.18 bits per heavy atom. The number of rotatable bonds is 5. The molecule has 8 heteroatoms. The van der Waals surface area contributed by atoms with Crippen molar-refractivity contribution in [3.63, 3.8) is 0 Å². The van der Waals surface area contributed by atoms with Crippen LogP contribution in [0.3, 0.4) is 0 Å². The third kappa shape index (κ3) is 5.52. The second kappa shape index (κ2) is 10.8. The van der Waals surface area contributed by atoms with Crippen LogP contribution in [0.25, 0.3) is 0 Å². The van der Waals surface area contributed by atoms with E-state index >= 15 is 0 Å². The van der Waals surface area contributed by atoms with Gasteiger partial charge in [-0.1, -0.05) is 30.3 Å². The van der Waals surface area contributed by atoms with Crippen LogP contribution in [0.4, 0.5) is 11.4 Å². The molecule has 2 N–H and O–H groups in total. The van der Waals surface area contributed by atoms with Crippen LogP contribution >= 0.6 is 12.2 Å². The number of carbonyl (C=O) groups excluding carboxylic acids is 2. The number of nitrogens with zero attached hydrogens (tertiary/aromatic N) is 2. The lowest BCUT2D eigenvalue weighted by Gasteiger charge is -2.36. The molecule has 0 atom stereocenters. The number of amides is 2. The van der Waals surface area contributed by atoms with E-state index in [1.807, 2.05) is 59.5 Å². The lowest BCUT2D eigenvalue weighted by molar-refractivity contribution is 0.0746. The number of thiocarbonyl (C=S) groups is 1. The zero-order valence-corrected chi connectivity index (χ0v) is 19.7. The van der Waals surface area contributed by atoms with E-state index in [9.17, 15) is 9.59 Å². The average Bonchev–Trinajstić information content (AvgIpc) is 2.89. The summed E-state index contributed by atoms with van der Waals surface area (Å²) < 4.78 is 5.23. The lowest BCUT2D eigenvalue weighted by atomic mass is 10.1. The first-order valence-corrected chi connectivity index (χ1v) is 11.4. The predicted octanol–water partition coefficient (Wildman–Crippen LogP) is 3.78. The summed E-state index contributed by atoms with van der Waals surface area (Å²) in [5.41, 5.74) is 2.97. The zero-order valence-electron chi connectivity index (χ0n) is 18.9. The molecule has 0 radical (unpaired) electrons. The maximum atomic E-state index is 12.6. The summed E-state index contributed by atoms with van der Waals surface area (Å²) in [6.45, 7) is 2.87. The molecule has 1 aliphatic rings. The number of carbonyl (C=O) groups is 2. The van der Waals surface area contributed by atoms with Gasteiger partial charge < -0.3 is 19.9 Å². The molecule has 1 aliphatic heterocycles. The Balaban J connectivity index is 1.29. The molecule has 0 aromatic heterocycles. The van der Waals surface area contributed by atoms with E-state index in [-0.39, 0.29) is 16.9 Å². The van der Waals surface area contributed by atoms with Crippen molar-refractivity contribution in [3.05, 3.63) is 90.0 Å². The Kier molecular flexibility index (Phi) is 7.39. The number of piperazine rings is 1. The number of methoxy groups -OCH3 is 1. The Bertz CT molecular complexity index is 1160. The maximum absolute atomic E-state index is 12.6. The van der Waals surface area contributed by atoms with Crippen LogP contribution < -0.4 is 20.3 Å². The second-order valence-electron chi connectivity index (χ2n) is 7.80. The molecule has 3 aromatic rings. The molecule has 3 aromatic carbocycles. The van der Waals surface area contributed by atoms with Crippen LogP contribution in [0.1, 0.15) is 20.7 Å². The second-order valence-corrected chi connectivity index (χ2v) is 8.21. The van der Waals surface area contributed by atoms with E-state index in [2.05, 4.69) is 15.5 Å². The molecule has 2 amide bonds. The fourth-order valence-corrected chi connectivity index (χ4v) is 4.06. The molecule has 1 heterocycles. The molecule has 0 unspecified atom stereocenters. The van der Waals surface area contributed by atoms with Crippen LogP contribution in [0.2, 0.25) is 0 Å². The number of nitrogens with one attached hydrogen (secondary N) is 2. The summed E-state index contributed by atoms with van der Waals surface area (Å²) in [5.74, 6) is 0.218. The smallest absolute Gasteiger partial charge is 0.261 e. The van der Waals surface area contributed by atoms with Gasteiger partial charge in [-0.3, -0.25) is 14.9 Å². The van der Waals surface area contributed by atoms with Crippen LogP contribution in [0.5, 0.6) is 5.75 Å². The van der Waals surface area contributed by atoms with Gasteiger partial charge >= 0.3 is 0 Å². The molecular weight excluding hydrogens is 448 g/mol. The topological polar surface area (TPSA) is 73.9 Å². The van der Waals surface area contributed by atoms with E-state index in [0.717, 1.165) is 30.0 Å². The highest BCUT2D eigenvalue weighted by atomic mass is 32.1. The molecule has 7 nitrogen and oxygen atoms in total. The Morgan fingerprint density at radius 2 is 1.50 bits per heavy atom. The molecule has 4 rings (SSSR count). The highest BCUT2D eigenvalue weighted by molar-refractivity contribution is 7.80. The monoisotopic (exact) mass is 474 g/mol. The molecule has 0 saturated carbocycles. The number of ether oxygens (including phenoxy) is 1. The standard InChI is InChI=1S/C26H26N4O3S/c1-33-23-10-6-5-9-22(23)24(31)28-26(34)27-20-11-13-21(14-12-20)29-15-17-30(18-16-29)25(32)19-7-3-2-4-8-19/h2-14H,15-18H2,1H3,(H2,27,28,31,34). The first-order valence-electron chi connectivity index (χ1n) is 11.0. The first-order chi connectivity index (χ1) is 16.5. The first kappa shape index (κ1) is 23.3. The lowest BCUT2D eigenvalue weighted by Crippen LogP contribution is -2.48. The quantitative estimate of drug-likeness (QED) is 0.549. The van der Waals surface area contributed by atoms with E-state index in [1.165, 1.54) is 7.11 Å². The summed E-state index contributed by atoms with van der Waals surface area (Å²) in [6, 6.07) is 24.2. The Morgan fingerprint density at radius 1 is 0.853 bits per heavy atom. The number of para-hydroxylation sites is 1. The number of benzene rings is 3. The molecule has 0 aliphatic carbocycles. The van der Waals surface area contributed by atoms with Crippen molar-refractivity contribution in [2.24, 2.45) is 0 Å². The minimum Gasteiger partial charge on any atom is -0.496 e. The van der Waals surface area contributed by atoms with Crippen molar-refractivity contribution in [3.8, 4) is 5.75 Å².